The first-order valence-corrected chi connectivity index (χ1v) is 5.75. The molecule has 1 aliphatic heterocycles. The first-order chi connectivity index (χ1) is 8.90. The van der Waals surface area contributed by atoms with Gasteiger partial charge in [0.05, 0.1) is 22.6 Å². The van der Waals surface area contributed by atoms with Gasteiger partial charge in [-0.2, -0.15) is 0 Å². The Morgan fingerprint density at radius 3 is 2.11 bits per heavy atom. The van der Waals surface area contributed by atoms with Gasteiger partial charge < -0.3 is 10.2 Å². The van der Waals surface area contributed by atoms with Gasteiger partial charge in [-0.1, -0.05) is 0 Å². The predicted octanol–water partition coefficient (Wildman–Crippen LogP) is 1.38. The summed E-state index contributed by atoms with van der Waals surface area (Å²) in [5.74, 6) is -2.46. The number of benzene rings is 1. The molecule has 1 aromatic rings. The minimum atomic E-state index is -1.23. The lowest BCUT2D eigenvalue weighted by atomic mass is 10.1. The van der Waals surface area contributed by atoms with Gasteiger partial charge in [0.1, 0.15) is 10.6 Å². The third-order valence-electron chi connectivity index (χ3n) is 3.08. The van der Waals surface area contributed by atoms with E-state index in [2.05, 4.69) is 0 Å². The Labute approximate surface area is 108 Å². The van der Waals surface area contributed by atoms with Gasteiger partial charge in [0.25, 0.3) is 0 Å². The summed E-state index contributed by atoms with van der Waals surface area (Å²) in [6.45, 7) is 2.19. The standard InChI is InChI=1S/C12H12N2O5/c1-7-2-3-13(14(7)19)10-5-8(11(15)16)4-9(6-10)12(17)18/h4-7H,2-3H2,1H3,(H-,15,16,17,18)/p+1. The monoisotopic (exact) mass is 265 g/mol. The highest BCUT2D eigenvalue weighted by Crippen LogP contribution is 2.25. The minimum absolute atomic E-state index is 0.150. The molecule has 1 fully saturated rings. The number of carbonyl (C=O) groups is 2. The zero-order valence-corrected chi connectivity index (χ0v) is 10.2. The molecule has 0 saturated carbocycles. The second kappa shape index (κ2) is 4.68. The highest BCUT2D eigenvalue weighted by atomic mass is 16.4. The van der Waals surface area contributed by atoms with Crippen molar-refractivity contribution >= 4 is 17.6 Å². The van der Waals surface area contributed by atoms with Crippen molar-refractivity contribution in [2.45, 2.75) is 19.4 Å². The second-order valence-electron chi connectivity index (χ2n) is 4.44. The van der Waals surface area contributed by atoms with Gasteiger partial charge in [-0.25, -0.2) is 9.59 Å². The third kappa shape index (κ3) is 2.40. The van der Waals surface area contributed by atoms with Crippen LogP contribution in [-0.2, 0) is 0 Å². The number of rotatable bonds is 3. The number of nitrogens with zero attached hydrogens (tertiary/aromatic N) is 2. The van der Waals surface area contributed by atoms with Gasteiger partial charge in [-0.15, -0.1) is 5.01 Å². The molecular formula is C12H13N2O5+. The zero-order chi connectivity index (χ0) is 14.2. The van der Waals surface area contributed by atoms with E-state index in [0.717, 1.165) is 10.9 Å². The van der Waals surface area contributed by atoms with Crippen molar-refractivity contribution in [3.05, 3.63) is 34.2 Å². The summed E-state index contributed by atoms with van der Waals surface area (Å²) >= 11 is 0. The van der Waals surface area contributed by atoms with Crippen LogP contribution < -0.4 is 5.01 Å². The normalized spacial score (nSPS) is 18.7. The number of hydrazine groups is 1. The molecule has 0 bridgehead atoms. The van der Waals surface area contributed by atoms with Crippen LogP contribution in [0.5, 0.6) is 0 Å². The van der Waals surface area contributed by atoms with E-state index in [1.54, 1.807) is 6.92 Å². The molecule has 0 spiro atoms. The maximum Gasteiger partial charge on any atom is 0.335 e. The Bertz CT molecular complexity index is 537. The van der Waals surface area contributed by atoms with Crippen molar-refractivity contribution in [1.29, 1.82) is 0 Å². The molecule has 0 amide bonds. The average Bonchev–Trinajstić information content (AvgIpc) is 2.69. The van der Waals surface area contributed by atoms with Crippen molar-refractivity contribution in [3.63, 3.8) is 0 Å². The molecule has 1 aliphatic rings. The van der Waals surface area contributed by atoms with Gasteiger partial charge in [0.15, 0.2) is 0 Å². The van der Waals surface area contributed by atoms with Crippen LogP contribution in [0.15, 0.2) is 18.2 Å². The molecule has 0 aromatic heterocycles. The van der Waals surface area contributed by atoms with Crippen molar-refractivity contribution in [2.24, 2.45) is 0 Å². The maximum absolute atomic E-state index is 11.8. The van der Waals surface area contributed by atoms with Gasteiger partial charge >= 0.3 is 11.9 Å². The highest BCUT2D eigenvalue weighted by molar-refractivity contribution is 5.95. The van der Waals surface area contributed by atoms with Crippen LogP contribution >= 0.6 is 0 Å². The predicted molar refractivity (Wildman–Crippen MR) is 65.4 cm³/mol. The molecule has 1 unspecified atom stereocenters. The molecule has 7 heteroatoms. The van der Waals surface area contributed by atoms with Crippen LogP contribution in [-0.4, -0.2) is 39.6 Å². The molecule has 7 nitrogen and oxygen atoms in total. The van der Waals surface area contributed by atoms with Crippen molar-refractivity contribution < 1.29 is 24.7 Å². The Morgan fingerprint density at radius 2 is 1.74 bits per heavy atom. The summed E-state index contributed by atoms with van der Waals surface area (Å²) in [5.41, 5.74) is -0.0117. The first kappa shape index (κ1) is 13.0. The van der Waals surface area contributed by atoms with Crippen molar-refractivity contribution in [1.82, 2.24) is 0 Å². The fourth-order valence-corrected chi connectivity index (χ4v) is 2.01. The second-order valence-corrected chi connectivity index (χ2v) is 4.44. The highest BCUT2D eigenvalue weighted by Gasteiger charge is 2.37. The van der Waals surface area contributed by atoms with Crippen LogP contribution in [0.25, 0.3) is 0 Å². The van der Waals surface area contributed by atoms with Crippen molar-refractivity contribution in [2.75, 3.05) is 11.6 Å². The van der Waals surface area contributed by atoms with E-state index >= 15 is 0 Å². The fraction of sp³-hybridized carbons (Fsp3) is 0.333. The Morgan fingerprint density at radius 1 is 1.21 bits per heavy atom. The summed E-state index contributed by atoms with van der Waals surface area (Å²) < 4.78 is 0. The maximum atomic E-state index is 11.8. The van der Waals surface area contributed by atoms with Crippen molar-refractivity contribution in [3.8, 4) is 0 Å². The molecule has 1 saturated heterocycles. The number of carboxylic acid groups (broad SMARTS) is 2. The summed E-state index contributed by atoms with van der Waals surface area (Å²) in [5, 5.41) is 19.3. The van der Waals surface area contributed by atoms with Crippen LogP contribution in [0.3, 0.4) is 0 Å². The summed E-state index contributed by atoms with van der Waals surface area (Å²) in [7, 11) is 0. The molecule has 0 aliphatic carbocycles. The number of hydrogen-bond donors (Lipinski definition) is 2. The Hall–Kier alpha value is -2.44. The van der Waals surface area contributed by atoms with Crippen LogP contribution in [0.1, 0.15) is 34.1 Å². The van der Waals surface area contributed by atoms with Gasteiger partial charge in [-0.3, -0.25) is 0 Å². The van der Waals surface area contributed by atoms with E-state index in [0.29, 0.717) is 13.0 Å². The molecule has 2 N–H and O–H groups in total. The van der Waals surface area contributed by atoms with E-state index in [-0.39, 0.29) is 22.9 Å². The quantitative estimate of drug-likeness (QED) is 0.801. The summed E-state index contributed by atoms with van der Waals surface area (Å²) in [4.78, 5) is 34.5. The zero-order valence-electron chi connectivity index (χ0n) is 10.2. The minimum Gasteiger partial charge on any atom is -0.478 e. The number of aromatic carboxylic acids is 2. The van der Waals surface area contributed by atoms with Crippen LogP contribution in [0, 0.1) is 4.91 Å². The lowest BCUT2D eigenvalue weighted by Crippen LogP contribution is -2.29. The molecule has 1 atom stereocenters. The molecule has 0 radical (unpaired) electrons. The third-order valence-corrected chi connectivity index (χ3v) is 3.08. The Kier molecular flexibility index (Phi) is 3.20. The van der Waals surface area contributed by atoms with E-state index in [1.807, 2.05) is 0 Å². The Balaban J connectivity index is 2.48. The molecule has 100 valence electrons. The number of anilines is 1. The van der Waals surface area contributed by atoms with E-state index in [1.165, 1.54) is 17.1 Å². The van der Waals surface area contributed by atoms with Crippen LogP contribution in [0.4, 0.5) is 5.69 Å². The molecule has 19 heavy (non-hydrogen) atoms. The fourth-order valence-electron chi connectivity index (χ4n) is 2.01. The van der Waals surface area contributed by atoms with E-state index in [9.17, 15) is 14.5 Å². The number of carboxylic acids is 2. The van der Waals surface area contributed by atoms with Crippen LogP contribution in [0.2, 0.25) is 0 Å². The lowest BCUT2D eigenvalue weighted by Gasteiger charge is -2.10. The van der Waals surface area contributed by atoms with Gasteiger partial charge in [0.2, 0.25) is 6.04 Å². The van der Waals surface area contributed by atoms with Gasteiger partial charge in [-0.05, 0) is 18.2 Å². The van der Waals surface area contributed by atoms with E-state index < -0.39 is 11.9 Å². The molecule has 2 rings (SSSR count). The molecule has 1 aromatic carbocycles. The summed E-state index contributed by atoms with van der Waals surface area (Å²) in [6, 6.07) is 3.47. The molecular weight excluding hydrogens is 252 g/mol. The SMILES string of the molecule is CC1CCN(c2cc(C(=O)O)cc(C(=O)O)c2)[N+]1=O. The van der Waals surface area contributed by atoms with E-state index in [4.69, 9.17) is 10.2 Å². The summed E-state index contributed by atoms with van der Waals surface area (Å²) in [6.07, 6.45) is 0.642. The first-order valence-electron chi connectivity index (χ1n) is 5.75. The largest absolute Gasteiger partial charge is 0.478 e. The average molecular weight is 265 g/mol. The number of hydrogen-bond acceptors (Lipinski definition) is 3. The molecule has 1 heterocycles. The topological polar surface area (TPSA) is 97.9 Å². The lowest BCUT2D eigenvalue weighted by molar-refractivity contribution is -0.573. The van der Waals surface area contributed by atoms with Gasteiger partial charge in [0, 0.05) is 13.3 Å². The number of nitroso groups, excluding NO2 is 1. The smallest absolute Gasteiger partial charge is 0.335 e.